The zero-order valence-electron chi connectivity index (χ0n) is 22.9. The predicted molar refractivity (Wildman–Crippen MR) is 168 cm³/mol. The summed E-state index contributed by atoms with van der Waals surface area (Å²) in [5.41, 5.74) is 3.82. The smallest absolute Gasteiger partial charge is 0.263 e. The second kappa shape index (κ2) is 13.0. The molecular weight excluding hydrogens is 605 g/mol. The predicted octanol–water partition coefficient (Wildman–Crippen LogP) is 5.99. The van der Waals surface area contributed by atoms with Crippen molar-refractivity contribution in [2.45, 2.75) is 16.8 Å². The van der Waals surface area contributed by atoms with Crippen LogP contribution in [0.25, 0.3) is 22.4 Å². The van der Waals surface area contributed by atoms with Crippen LogP contribution in [-0.2, 0) is 14.8 Å². The van der Waals surface area contributed by atoms with E-state index in [0.717, 1.165) is 34.2 Å². The Hall–Kier alpha value is -4.77. The van der Waals surface area contributed by atoms with Crippen molar-refractivity contribution in [3.63, 3.8) is 0 Å². The summed E-state index contributed by atoms with van der Waals surface area (Å²) in [6.07, 6.45) is 0. The van der Waals surface area contributed by atoms with E-state index in [4.69, 9.17) is 9.72 Å². The fourth-order valence-electron chi connectivity index (χ4n) is 4.05. The van der Waals surface area contributed by atoms with Gasteiger partial charge in [0.2, 0.25) is 11.0 Å². The van der Waals surface area contributed by atoms with Crippen molar-refractivity contribution in [3.05, 3.63) is 95.5 Å². The molecule has 0 saturated carbocycles. The summed E-state index contributed by atoms with van der Waals surface area (Å²) in [7, 11) is -2.27. The molecule has 5 aromatic rings. The highest BCUT2D eigenvalue weighted by atomic mass is 32.2. The molecule has 3 aromatic carbocycles. The maximum Gasteiger partial charge on any atom is 0.263 e. The highest BCUT2D eigenvalue weighted by molar-refractivity contribution is 8.00. The molecule has 0 aliphatic rings. The van der Waals surface area contributed by atoms with Crippen molar-refractivity contribution < 1.29 is 17.9 Å². The van der Waals surface area contributed by atoms with Crippen molar-refractivity contribution in [2.75, 3.05) is 22.9 Å². The van der Waals surface area contributed by atoms with Crippen LogP contribution in [0.5, 0.6) is 5.75 Å². The average Bonchev–Trinajstić information content (AvgIpc) is 3.43. The van der Waals surface area contributed by atoms with Crippen molar-refractivity contribution >= 4 is 49.8 Å². The summed E-state index contributed by atoms with van der Waals surface area (Å²) < 4.78 is 33.0. The van der Waals surface area contributed by atoms with Gasteiger partial charge in [-0.2, -0.15) is 5.26 Å². The number of methoxy groups -OCH3 is 1. The Morgan fingerprint density at radius 3 is 2.35 bits per heavy atom. The second-order valence-corrected chi connectivity index (χ2v) is 12.9. The third-order valence-corrected chi connectivity index (χ3v) is 9.32. The number of anilines is 2. The van der Waals surface area contributed by atoms with E-state index < -0.39 is 10.0 Å². The Morgan fingerprint density at radius 1 is 1.00 bits per heavy atom. The quantitative estimate of drug-likeness (QED) is 0.178. The number of carbonyl (C=O) groups excluding carboxylic acids is 1. The summed E-state index contributed by atoms with van der Waals surface area (Å²) in [5, 5.41) is 21.7. The number of amides is 1. The van der Waals surface area contributed by atoms with E-state index in [1.807, 2.05) is 60.7 Å². The van der Waals surface area contributed by atoms with Gasteiger partial charge >= 0.3 is 0 Å². The van der Waals surface area contributed by atoms with Crippen LogP contribution in [0.3, 0.4) is 0 Å². The molecule has 0 radical (unpaired) electrons. The zero-order valence-corrected chi connectivity index (χ0v) is 25.4. The van der Waals surface area contributed by atoms with Crippen LogP contribution in [-0.4, -0.2) is 42.4 Å². The zero-order chi connectivity index (χ0) is 30.4. The van der Waals surface area contributed by atoms with Crippen molar-refractivity contribution in [1.29, 1.82) is 5.26 Å². The van der Waals surface area contributed by atoms with E-state index in [2.05, 4.69) is 26.3 Å². The number of ether oxygens (including phenoxy) is 1. The molecule has 0 aliphatic heterocycles. The molecule has 10 nitrogen and oxygen atoms in total. The lowest BCUT2D eigenvalue weighted by Gasteiger charge is -2.13. The van der Waals surface area contributed by atoms with Crippen LogP contribution in [0.4, 0.5) is 10.8 Å². The van der Waals surface area contributed by atoms with E-state index in [0.29, 0.717) is 38.3 Å². The maximum atomic E-state index is 12.9. The number of rotatable bonds is 10. The Labute approximate surface area is 256 Å². The average molecular weight is 629 g/mol. The summed E-state index contributed by atoms with van der Waals surface area (Å²) >= 11 is 2.27. The normalized spacial score (nSPS) is 11.0. The Bertz CT molecular complexity index is 1900. The first-order valence-corrected chi connectivity index (χ1v) is 16.0. The molecule has 13 heteroatoms. The number of nitrogens with zero attached hydrogens (tertiary/aromatic N) is 4. The van der Waals surface area contributed by atoms with E-state index in [-0.39, 0.29) is 21.7 Å². The number of sulfonamides is 1. The van der Waals surface area contributed by atoms with E-state index in [9.17, 15) is 18.5 Å². The van der Waals surface area contributed by atoms with Gasteiger partial charge in [-0.05, 0) is 55.0 Å². The lowest BCUT2D eigenvalue weighted by Crippen LogP contribution is -2.15. The Kier molecular flexibility index (Phi) is 9.01. The van der Waals surface area contributed by atoms with Crippen LogP contribution >= 0.6 is 23.1 Å². The van der Waals surface area contributed by atoms with Crippen LogP contribution in [0, 0.1) is 18.3 Å². The molecule has 216 valence electrons. The van der Waals surface area contributed by atoms with E-state index in [1.165, 1.54) is 24.3 Å². The summed E-state index contributed by atoms with van der Waals surface area (Å²) in [4.78, 5) is 17.6. The molecule has 0 bridgehead atoms. The first-order valence-electron chi connectivity index (χ1n) is 12.8. The third kappa shape index (κ3) is 7.18. The van der Waals surface area contributed by atoms with E-state index >= 15 is 0 Å². The van der Waals surface area contributed by atoms with Crippen molar-refractivity contribution in [3.8, 4) is 34.2 Å². The summed E-state index contributed by atoms with van der Waals surface area (Å²) in [6, 6.07) is 26.9. The standard InChI is InChI=1S/C30H24N6O4S3/c1-19-34-35-30(42-19)36-43(38,39)24-14-10-22(11-15-24)32-28(37)18-41-29-26(17-31)25(20-8-12-23(40-2)13-9-20)16-27(33-29)21-6-4-3-5-7-21/h3-16H,18H2,1-2H3,(H,32,37)(H,35,36). The van der Waals surface area contributed by atoms with Crippen LogP contribution < -0.4 is 14.8 Å². The first kappa shape index (κ1) is 29.7. The van der Waals surface area contributed by atoms with Gasteiger partial charge in [0.15, 0.2) is 0 Å². The van der Waals surface area contributed by atoms with Gasteiger partial charge in [-0.1, -0.05) is 65.6 Å². The number of hydrogen-bond donors (Lipinski definition) is 2. The number of aromatic nitrogens is 3. The van der Waals surface area contributed by atoms with Gasteiger partial charge < -0.3 is 10.1 Å². The number of aryl methyl sites for hydroxylation is 1. The summed E-state index contributed by atoms with van der Waals surface area (Å²) in [6.45, 7) is 1.72. The number of pyridine rings is 1. The highest BCUT2D eigenvalue weighted by Crippen LogP contribution is 2.35. The molecule has 0 saturated heterocycles. The molecule has 0 fully saturated rings. The molecule has 5 rings (SSSR count). The molecule has 0 aliphatic carbocycles. The fraction of sp³-hybridized carbons (Fsp3) is 0.100. The topological polar surface area (TPSA) is 147 Å². The van der Waals surface area contributed by atoms with Gasteiger partial charge in [-0.3, -0.25) is 9.52 Å². The second-order valence-electron chi connectivity index (χ2n) is 9.03. The number of carbonyl (C=O) groups is 1. The Morgan fingerprint density at radius 2 is 1.72 bits per heavy atom. The van der Waals surface area contributed by atoms with Gasteiger partial charge in [-0.25, -0.2) is 13.4 Å². The van der Waals surface area contributed by atoms with Crippen LogP contribution in [0.15, 0.2) is 94.9 Å². The Balaban J connectivity index is 1.34. The number of nitriles is 1. The maximum absolute atomic E-state index is 12.9. The minimum atomic E-state index is -3.86. The monoisotopic (exact) mass is 628 g/mol. The molecule has 0 atom stereocenters. The lowest BCUT2D eigenvalue weighted by molar-refractivity contribution is -0.113. The molecule has 43 heavy (non-hydrogen) atoms. The molecule has 2 aromatic heterocycles. The van der Waals surface area contributed by atoms with Crippen molar-refractivity contribution in [2.24, 2.45) is 0 Å². The third-order valence-electron chi connectivity index (χ3n) is 6.10. The molecule has 2 heterocycles. The van der Waals surface area contributed by atoms with Crippen molar-refractivity contribution in [1.82, 2.24) is 15.2 Å². The van der Waals surface area contributed by atoms with Crippen LogP contribution in [0.1, 0.15) is 10.6 Å². The van der Waals surface area contributed by atoms with E-state index in [1.54, 1.807) is 14.0 Å². The number of nitrogens with one attached hydrogen (secondary N) is 2. The highest BCUT2D eigenvalue weighted by Gasteiger charge is 2.19. The minimum absolute atomic E-state index is 0.0133. The number of thioether (sulfide) groups is 1. The van der Waals surface area contributed by atoms with Gasteiger partial charge in [0, 0.05) is 16.8 Å². The molecule has 0 spiro atoms. The number of hydrogen-bond acceptors (Lipinski definition) is 10. The van der Waals surface area contributed by atoms with Gasteiger partial charge in [-0.15, -0.1) is 10.2 Å². The lowest BCUT2D eigenvalue weighted by atomic mass is 9.99. The SMILES string of the molecule is COc1ccc(-c2cc(-c3ccccc3)nc(SCC(=O)Nc3ccc(S(=O)(=O)Nc4nnc(C)s4)cc3)c2C#N)cc1. The minimum Gasteiger partial charge on any atom is -0.497 e. The molecule has 1 amide bonds. The largest absolute Gasteiger partial charge is 0.497 e. The summed E-state index contributed by atoms with van der Waals surface area (Å²) in [5.74, 6) is 0.324. The molecule has 0 unspecified atom stereocenters. The molecule has 2 N–H and O–H groups in total. The molecular formula is C30H24N6O4S3. The first-order chi connectivity index (χ1) is 20.8. The number of benzene rings is 3. The fourth-order valence-corrected chi connectivity index (χ4v) is 6.67. The van der Waals surface area contributed by atoms with Gasteiger partial charge in [0.05, 0.1) is 29.0 Å². The van der Waals surface area contributed by atoms with Gasteiger partial charge in [0.1, 0.15) is 21.9 Å². The van der Waals surface area contributed by atoms with Gasteiger partial charge in [0.25, 0.3) is 10.0 Å². The van der Waals surface area contributed by atoms with Crippen LogP contribution in [0.2, 0.25) is 0 Å².